The van der Waals surface area contributed by atoms with Crippen molar-refractivity contribution in [2.24, 2.45) is 11.3 Å². The van der Waals surface area contributed by atoms with Crippen molar-refractivity contribution in [3.63, 3.8) is 0 Å². The number of nitrogens with zero attached hydrogens (tertiary/aromatic N) is 1. The van der Waals surface area contributed by atoms with Crippen LogP contribution < -0.4 is 5.32 Å². The smallest absolute Gasteiger partial charge is 0.117 e. The lowest BCUT2D eigenvalue weighted by molar-refractivity contribution is 0.126. The van der Waals surface area contributed by atoms with Gasteiger partial charge in [0.15, 0.2) is 0 Å². The third-order valence-corrected chi connectivity index (χ3v) is 4.52. The van der Waals surface area contributed by atoms with E-state index in [1.54, 1.807) is 6.26 Å². The summed E-state index contributed by atoms with van der Waals surface area (Å²) in [6.07, 6.45) is 4.19. The van der Waals surface area contributed by atoms with Gasteiger partial charge in [0.1, 0.15) is 5.76 Å². The minimum absolute atomic E-state index is 0.359. The van der Waals surface area contributed by atoms with Gasteiger partial charge in [0.05, 0.1) is 12.8 Å². The second kappa shape index (κ2) is 9.26. The molecule has 0 bridgehead atoms. The van der Waals surface area contributed by atoms with Crippen LogP contribution in [0.25, 0.3) is 0 Å². The zero-order valence-electron chi connectivity index (χ0n) is 14.6. The fourth-order valence-corrected chi connectivity index (χ4v) is 2.78. The second-order valence-electron chi connectivity index (χ2n) is 6.61. The van der Waals surface area contributed by atoms with Crippen LogP contribution >= 0.6 is 0 Å². The molecular formula is C18H34N2O. The molecule has 0 aromatic carbocycles. The van der Waals surface area contributed by atoms with Crippen molar-refractivity contribution in [2.75, 3.05) is 26.2 Å². The SMILES string of the molecule is CCN(Cc1ccco1)CC(CC)(CC)CNCC(C)C. The van der Waals surface area contributed by atoms with Crippen LogP contribution in [0.3, 0.4) is 0 Å². The van der Waals surface area contributed by atoms with E-state index in [0.717, 1.165) is 38.5 Å². The Balaban J connectivity index is 2.60. The molecule has 0 fully saturated rings. The van der Waals surface area contributed by atoms with E-state index >= 15 is 0 Å². The maximum atomic E-state index is 5.50. The average molecular weight is 294 g/mol. The quantitative estimate of drug-likeness (QED) is 0.664. The lowest BCUT2D eigenvalue weighted by Gasteiger charge is -2.37. The molecule has 0 aliphatic heterocycles. The molecule has 0 saturated carbocycles. The molecule has 0 radical (unpaired) electrons. The van der Waals surface area contributed by atoms with Crippen LogP contribution in [-0.2, 0) is 6.54 Å². The van der Waals surface area contributed by atoms with Crippen molar-refractivity contribution >= 4 is 0 Å². The van der Waals surface area contributed by atoms with E-state index in [1.165, 1.54) is 12.8 Å². The minimum Gasteiger partial charge on any atom is -0.468 e. The summed E-state index contributed by atoms with van der Waals surface area (Å²) in [5, 5.41) is 3.67. The maximum Gasteiger partial charge on any atom is 0.117 e. The van der Waals surface area contributed by atoms with Crippen molar-refractivity contribution in [2.45, 2.75) is 54.0 Å². The van der Waals surface area contributed by atoms with E-state index in [-0.39, 0.29) is 0 Å². The molecule has 0 aliphatic carbocycles. The first kappa shape index (κ1) is 18.2. The molecule has 21 heavy (non-hydrogen) atoms. The van der Waals surface area contributed by atoms with Crippen molar-refractivity contribution in [1.29, 1.82) is 0 Å². The van der Waals surface area contributed by atoms with E-state index in [2.05, 4.69) is 50.9 Å². The van der Waals surface area contributed by atoms with Gasteiger partial charge in [0.25, 0.3) is 0 Å². The van der Waals surface area contributed by atoms with Gasteiger partial charge in [0, 0.05) is 13.1 Å². The van der Waals surface area contributed by atoms with Crippen molar-refractivity contribution in [3.8, 4) is 0 Å². The molecular weight excluding hydrogens is 260 g/mol. The van der Waals surface area contributed by atoms with E-state index in [9.17, 15) is 0 Å². The van der Waals surface area contributed by atoms with Gasteiger partial charge >= 0.3 is 0 Å². The van der Waals surface area contributed by atoms with Gasteiger partial charge in [-0.1, -0.05) is 34.6 Å². The molecule has 1 heterocycles. The van der Waals surface area contributed by atoms with Crippen LogP contribution in [0.4, 0.5) is 0 Å². The Morgan fingerprint density at radius 1 is 1.24 bits per heavy atom. The van der Waals surface area contributed by atoms with E-state index < -0.39 is 0 Å². The number of furan rings is 1. The fourth-order valence-electron chi connectivity index (χ4n) is 2.78. The molecule has 1 aromatic rings. The fraction of sp³-hybridized carbons (Fsp3) is 0.778. The van der Waals surface area contributed by atoms with E-state index in [4.69, 9.17) is 4.42 Å². The summed E-state index contributed by atoms with van der Waals surface area (Å²) in [4.78, 5) is 2.50. The van der Waals surface area contributed by atoms with Crippen LogP contribution in [-0.4, -0.2) is 31.1 Å². The summed E-state index contributed by atoms with van der Waals surface area (Å²) >= 11 is 0. The van der Waals surface area contributed by atoms with Gasteiger partial charge in [-0.15, -0.1) is 0 Å². The third-order valence-electron chi connectivity index (χ3n) is 4.52. The monoisotopic (exact) mass is 294 g/mol. The van der Waals surface area contributed by atoms with Gasteiger partial charge < -0.3 is 9.73 Å². The highest BCUT2D eigenvalue weighted by molar-refractivity contribution is 4.98. The van der Waals surface area contributed by atoms with Gasteiger partial charge in [0.2, 0.25) is 0 Å². The summed E-state index contributed by atoms with van der Waals surface area (Å²) in [6, 6.07) is 4.04. The molecule has 0 unspecified atom stereocenters. The highest BCUT2D eigenvalue weighted by atomic mass is 16.3. The normalized spacial score (nSPS) is 12.5. The van der Waals surface area contributed by atoms with Gasteiger partial charge in [-0.3, -0.25) is 4.90 Å². The van der Waals surface area contributed by atoms with E-state index in [1.807, 2.05) is 6.07 Å². The first-order chi connectivity index (χ1) is 10.0. The molecule has 122 valence electrons. The minimum atomic E-state index is 0.359. The third kappa shape index (κ3) is 6.23. The number of hydrogen-bond acceptors (Lipinski definition) is 3. The molecule has 0 amide bonds. The van der Waals surface area contributed by atoms with Crippen molar-refractivity contribution < 1.29 is 4.42 Å². The summed E-state index contributed by atoms with van der Waals surface area (Å²) in [7, 11) is 0. The van der Waals surface area contributed by atoms with Gasteiger partial charge in [-0.25, -0.2) is 0 Å². The second-order valence-corrected chi connectivity index (χ2v) is 6.61. The van der Waals surface area contributed by atoms with Crippen LogP contribution in [0.2, 0.25) is 0 Å². The topological polar surface area (TPSA) is 28.4 Å². The first-order valence-electron chi connectivity index (χ1n) is 8.50. The molecule has 1 N–H and O–H groups in total. The standard InChI is InChI=1S/C18H34N2O/c1-6-18(7-2,14-19-12-16(4)5)15-20(8-3)13-17-10-9-11-21-17/h9-11,16,19H,6-8,12-15H2,1-5H3. The van der Waals surface area contributed by atoms with Crippen molar-refractivity contribution in [1.82, 2.24) is 10.2 Å². The van der Waals surface area contributed by atoms with Crippen LogP contribution in [0.1, 0.15) is 53.2 Å². The van der Waals surface area contributed by atoms with Gasteiger partial charge in [-0.2, -0.15) is 0 Å². The molecule has 0 atom stereocenters. The molecule has 0 saturated heterocycles. The molecule has 3 heteroatoms. The Hall–Kier alpha value is -0.800. The first-order valence-corrected chi connectivity index (χ1v) is 8.50. The molecule has 0 aliphatic rings. The predicted molar refractivity (Wildman–Crippen MR) is 90.4 cm³/mol. The molecule has 3 nitrogen and oxygen atoms in total. The lowest BCUT2D eigenvalue weighted by atomic mass is 9.81. The number of hydrogen-bond donors (Lipinski definition) is 1. The Morgan fingerprint density at radius 2 is 1.95 bits per heavy atom. The largest absolute Gasteiger partial charge is 0.468 e. The Bertz CT molecular complexity index is 355. The Labute approximate surface area is 131 Å². The summed E-state index contributed by atoms with van der Waals surface area (Å²) in [5.74, 6) is 1.77. The highest BCUT2D eigenvalue weighted by Gasteiger charge is 2.28. The van der Waals surface area contributed by atoms with E-state index in [0.29, 0.717) is 11.3 Å². The maximum absolute atomic E-state index is 5.50. The lowest BCUT2D eigenvalue weighted by Crippen LogP contribution is -2.44. The molecule has 0 spiro atoms. The van der Waals surface area contributed by atoms with Crippen LogP contribution in [0, 0.1) is 11.3 Å². The summed E-state index contributed by atoms with van der Waals surface area (Å²) < 4.78 is 5.50. The van der Waals surface area contributed by atoms with Crippen LogP contribution in [0.5, 0.6) is 0 Å². The number of nitrogens with one attached hydrogen (secondary N) is 1. The zero-order valence-corrected chi connectivity index (χ0v) is 14.6. The molecule has 1 rings (SSSR count). The average Bonchev–Trinajstić information content (AvgIpc) is 2.97. The zero-order chi connectivity index (χ0) is 15.7. The Morgan fingerprint density at radius 3 is 2.43 bits per heavy atom. The number of rotatable bonds is 11. The van der Waals surface area contributed by atoms with Crippen molar-refractivity contribution in [3.05, 3.63) is 24.2 Å². The Kier molecular flexibility index (Phi) is 8.05. The summed E-state index contributed by atoms with van der Waals surface area (Å²) in [6.45, 7) is 16.7. The predicted octanol–water partition coefficient (Wildman–Crippen LogP) is 4.15. The highest BCUT2D eigenvalue weighted by Crippen LogP contribution is 2.27. The van der Waals surface area contributed by atoms with Crippen LogP contribution in [0.15, 0.2) is 22.8 Å². The summed E-state index contributed by atoms with van der Waals surface area (Å²) in [5.41, 5.74) is 0.359. The molecule has 1 aromatic heterocycles. The van der Waals surface area contributed by atoms with Gasteiger partial charge in [-0.05, 0) is 49.4 Å².